The van der Waals surface area contributed by atoms with Crippen LogP contribution in [0.15, 0.2) is 6.07 Å². The van der Waals surface area contributed by atoms with E-state index in [4.69, 9.17) is 0 Å². The van der Waals surface area contributed by atoms with E-state index in [0.29, 0.717) is 5.95 Å². The average molecular weight is 298 g/mol. The van der Waals surface area contributed by atoms with Crippen LogP contribution in [0.5, 0.6) is 0 Å². The maximum absolute atomic E-state index is 11.5. The Kier molecular flexibility index (Phi) is 3.10. The van der Waals surface area contributed by atoms with Crippen molar-refractivity contribution in [3.8, 4) is 0 Å². The summed E-state index contributed by atoms with van der Waals surface area (Å²) < 4.78 is 4.65. The molecule has 0 atom stereocenters. The van der Waals surface area contributed by atoms with Crippen LogP contribution >= 0.6 is 0 Å². The fourth-order valence-electron chi connectivity index (χ4n) is 3.58. The van der Waals surface area contributed by atoms with Gasteiger partial charge in [-0.3, -0.25) is 5.10 Å². The molecule has 6 nitrogen and oxygen atoms in total. The Morgan fingerprint density at radius 1 is 1.18 bits per heavy atom. The lowest BCUT2D eigenvalue weighted by molar-refractivity contribution is 0.0587. The monoisotopic (exact) mass is 298 g/mol. The van der Waals surface area contributed by atoms with Gasteiger partial charge >= 0.3 is 5.97 Å². The highest BCUT2D eigenvalue weighted by Gasteiger charge is 2.25. The number of methoxy groups -OCH3 is 1. The molecule has 1 aromatic carbocycles. The number of ether oxygens (including phenoxy) is 1. The van der Waals surface area contributed by atoms with Crippen molar-refractivity contribution >= 4 is 17.6 Å². The summed E-state index contributed by atoms with van der Waals surface area (Å²) in [6.45, 7) is 0. The second-order valence-corrected chi connectivity index (χ2v) is 5.86. The van der Waals surface area contributed by atoms with Crippen molar-refractivity contribution in [2.45, 2.75) is 38.5 Å². The summed E-state index contributed by atoms with van der Waals surface area (Å²) >= 11 is 0. The van der Waals surface area contributed by atoms with E-state index in [0.717, 1.165) is 31.4 Å². The Bertz CT molecular complexity index is 719. The van der Waals surface area contributed by atoms with Crippen molar-refractivity contribution < 1.29 is 9.53 Å². The van der Waals surface area contributed by atoms with E-state index >= 15 is 0 Å². The number of fused-ring (bicyclic) bond motifs is 2. The summed E-state index contributed by atoms with van der Waals surface area (Å²) in [5.74, 6) is 0.0353. The predicted octanol–water partition coefficient (Wildman–Crippen LogP) is 2.31. The summed E-state index contributed by atoms with van der Waals surface area (Å²) in [7, 11) is 1.33. The molecule has 0 amide bonds. The van der Waals surface area contributed by atoms with E-state index in [9.17, 15) is 4.79 Å². The zero-order chi connectivity index (χ0) is 15.1. The number of aryl methyl sites for hydroxylation is 2. The number of nitrogens with zero attached hydrogens (tertiary/aromatic N) is 2. The molecule has 6 heteroatoms. The van der Waals surface area contributed by atoms with Gasteiger partial charge in [-0.25, -0.2) is 4.79 Å². The summed E-state index contributed by atoms with van der Waals surface area (Å²) in [6, 6.07) is 2.38. The van der Waals surface area contributed by atoms with Gasteiger partial charge < -0.3 is 10.1 Å². The summed E-state index contributed by atoms with van der Waals surface area (Å²) in [5, 5.41) is 10.0. The number of esters is 1. The highest BCUT2D eigenvalue weighted by molar-refractivity contribution is 5.85. The van der Waals surface area contributed by atoms with E-state index in [2.05, 4.69) is 31.3 Å². The van der Waals surface area contributed by atoms with Gasteiger partial charge in [0.1, 0.15) is 0 Å². The SMILES string of the molecule is COC(=O)c1nc(Nc2c3c(cc4c2CCC4)CCC3)n[nH]1. The molecule has 0 saturated carbocycles. The maximum Gasteiger partial charge on any atom is 0.375 e. The fraction of sp³-hybridized carbons (Fsp3) is 0.438. The molecule has 0 fully saturated rings. The van der Waals surface area contributed by atoms with E-state index in [-0.39, 0.29) is 5.82 Å². The molecule has 0 saturated heterocycles. The Morgan fingerprint density at radius 3 is 2.50 bits per heavy atom. The van der Waals surface area contributed by atoms with E-state index in [1.165, 1.54) is 42.2 Å². The van der Waals surface area contributed by atoms with Crippen molar-refractivity contribution in [1.29, 1.82) is 0 Å². The van der Waals surface area contributed by atoms with Crippen LogP contribution in [0.1, 0.15) is 45.7 Å². The van der Waals surface area contributed by atoms with Crippen LogP contribution in [0.4, 0.5) is 11.6 Å². The average Bonchev–Trinajstić information content (AvgIpc) is 3.25. The molecule has 1 aromatic heterocycles. The molecule has 0 radical (unpaired) electrons. The van der Waals surface area contributed by atoms with Crippen LogP contribution in [0.25, 0.3) is 0 Å². The van der Waals surface area contributed by atoms with Crippen LogP contribution < -0.4 is 5.32 Å². The first-order valence-corrected chi connectivity index (χ1v) is 7.70. The number of H-pyrrole nitrogens is 1. The first kappa shape index (κ1) is 13.3. The number of carbonyl (C=O) groups excluding carboxylic acids is 1. The Balaban J connectivity index is 1.71. The lowest BCUT2D eigenvalue weighted by Gasteiger charge is -2.14. The highest BCUT2D eigenvalue weighted by atomic mass is 16.5. The lowest BCUT2D eigenvalue weighted by Crippen LogP contribution is -2.04. The van der Waals surface area contributed by atoms with Gasteiger partial charge in [-0.1, -0.05) is 6.07 Å². The Morgan fingerprint density at radius 2 is 1.86 bits per heavy atom. The number of aromatic amines is 1. The zero-order valence-electron chi connectivity index (χ0n) is 12.5. The highest BCUT2D eigenvalue weighted by Crippen LogP contribution is 2.39. The van der Waals surface area contributed by atoms with Gasteiger partial charge in [0.2, 0.25) is 11.8 Å². The number of hydrogen-bond acceptors (Lipinski definition) is 5. The van der Waals surface area contributed by atoms with Crippen LogP contribution in [-0.2, 0) is 30.4 Å². The van der Waals surface area contributed by atoms with E-state index < -0.39 is 5.97 Å². The zero-order valence-corrected chi connectivity index (χ0v) is 12.5. The van der Waals surface area contributed by atoms with Crippen molar-refractivity contribution in [2.24, 2.45) is 0 Å². The largest absolute Gasteiger partial charge is 0.463 e. The fourth-order valence-corrected chi connectivity index (χ4v) is 3.58. The van der Waals surface area contributed by atoms with Crippen LogP contribution in [0, 0.1) is 0 Å². The first-order valence-electron chi connectivity index (χ1n) is 7.70. The number of carbonyl (C=O) groups is 1. The third-order valence-corrected chi connectivity index (χ3v) is 4.57. The molecule has 0 unspecified atom stereocenters. The van der Waals surface area contributed by atoms with Crippen LogP contribution in [0.2, 0.25) is 0 Å². The molecular weight excluding hydrogens is 280 g/mol. The van der Waals surface area contributed by atoms with Gasteiger partial charge in [0, 0.05) is 5.69 Å². The second kappa shape index (κ2) is 5.12. The Hall–Kier alpha value is -2.37. The second-order valence-electron chi connectivity index (χ2n) is 5.86. The molecule has 1 heterocycles. The van der Waals surface area contributed by atoms with Gasteiger partial charge in [0.05, 0.1) is 7.11 Å². The van der Waals surface area contributed by atoms with Gasteiger partial charge in [0.25, 0.3) is 0 Å². The first-order chi connectivity index (χ1) is 10.8. The number of benzene rings is 1. The topological polar surface area (TPSA) is 79.9 Å². The number of hydrogen-bond donors (Lipinski definition) is 2. The molecule has 2 N–H and O–H groups in total. The third kappa shape index (κ3) is 2.06. The van der Waals surface area contributed by atoms with Crippen molar-refractivity contribution in [3.05, 3.63) is 34.1 Å². The van der Waals surface area contributed by atoms with Crippen molar-refractivity contribution in [3.63, 3.8) is 0 Å². The summed E-state index contributed by atoms with van der Waals surface area (Å²) in [4.78, 5) is 15.6. The van der Waals surface area contributed by atoms with E-state index in [1.54, 1.807) is 0 Å². The molecule has 0 aliphatic heterocycles. The van der Waals surface area contributed by atoms with Crippen LogP contribution in [-0.4, -0.2) is 28.3 Å². The molecule has 2 aromatic rings. The van der Waals surface area contributed by atoms with E-state index in [1.807, 2.05) is 0 Å². The molecule has 0 spiro atoms. The van der Waals surface area contributed by atoms with Crippen molar-refractivity contribution in [2.75, 3.05) is 12.4 Å². The molecule has 0 bridgehead atoms. The number of rotatable bonds is 3. The minimum Gasteiger partial charge on any atom is -0.463 e. The number of aromatic nitrogens is 3. The number of nitrogens with one attached hydrogen (secondary N) is 2. The maximum atomic E-state index is 11.5. The molecule has 114 valence electrons. The van der Waals surface area contributed by atoms with Gasteiger partial charge in [-0.15, -0.1) is 5.10 Å². The molecule has 22 heavy (non-hydrogen) atoms. The predicted molar refractivity (Wildman–Crippen MR) is 81.5 cm³/mol. The standard InChI is InChI=1S/C16H18N4O2/c1-22-15(21)14-18-16(20-19-14)17-13-11-6-2-4-9(11)8-10-5-3-7-12(10)13/h8H,2-7H2,1H3,(H2,17,18,19,20). The molecule has 4 rings (SSSR count). The van der Waals surface area contributed by atoms with Gasteiger partial charge in [-0.05, 0) is 60.8 Å². The Labute approximate surface area is 128 Å². The summed E-state index contributed by atoms with van der Waals surface area (Å²) in [6.07, 6.45) is 6.90. The molecular formula is C16H18N4O2. The van der Waals surface area contributed by atoms with Gasteiger partial charge in [-0.2, -0.15) is 4.98 Å². The van der Waals surface area contributed by atoms with Crippen molar-refractivity contribution in [1.82, 2.24) is 15.2 Å². The number of anilines is 2. The minimum atomic E-state index is -0.510. The smallest absolute Gasteiger partial charge is 0.375 e. The minimum absolute atomic E-state index is 0.120. The normalized spacial score (nSPS) is 15.5. The van der Waals surface area contributed by atoms with Crippen LogP contribution in [0.3, 0.4) is 0 Å². The summed E-state index contributed by atoms with van der Waals surface area (Å²) in [5.41, 5.74) is 6.85. The quantitative estimate of drug-likeness (QED) is 0.850. The molecule has 2 aliphatic rings. The molecule has 2 aliphatic carbocycles. The lowest BCUT2D eigenvalue weighted by atomic mass is 9.99. The van der Waals surface area contributed by atoms with Gasteiger partial charge in [0.15, 0.2) is 0 Å². The third-order valence-electron chi connectivity index (χ3n) is 4.57.